The second kappa shape index (κ2) is 8.16. The van der Waals surface area contributed by atoms with Crippen molar-refractivity contribution < 1.29 is 31.4 Å². The highest BCUT2D eigenvalue weighted by Crippen LogP contribution is 2.50. The van der Waals surface area contributed by atoms with E-state index in [1.165, 1.54) is 6.21 Å². The van der Waals surface area contributed by atoms with Crippen molar-refractivity contribution in [2.45, 2.75) is 37.8 Å². The summed E-state index contributed by atoms with van der Waals surface area (Å²) < 4.78 is 78.2. The van der Waals surface area contributed by atoms with Crippen LogP contribution in [-0.4, -0.2) is 30.2 Å². The number of nitrogens with one attached hydrogen (secondary N) is 1. The SMILES string of the molecule is C/C(N)=C(/C=N)c1ccc2c(c1)CCN2Cc1ccc(C(O)(C(F)(F)F)C(F)(F)F)cc1. The van der Waals surface area contributed by atoms with E-state index in [0.29, 0.717) is 41.9 Å². The number of fused-ring (bicyclic) bond motifs is 1. The van der Waals surface area contributed by atoms with E-state index in [-0.39, 0.29) is 6.54 Å². The molecule has 0 amide bonds. The summed E-state index contributed by atoms with van der Waals surface area (Å²) >= 11 is 0. The third-order valence-corrected chi connectivity index (χ3v) is 5.52. The zero-order valence-corrected chi connectivity index (χ0v) is 17.0. The lowest BCUT2D eigenvalue weighted by Gasteiger charge is -2.32. The van der Waals surface area contributed by atoms with Gasteiger partial charge in [-0.1, -0.05) is 30.3 Å². The fraction of sp³-hybridized carbons (Fsp3) is 0.318. The van der Waals surface area contributed by atoms with Crippen molar-refractivity contribution in [2.24, 2.45) is 5.73 Å². The zero-order chi connectivity index (χ0) is 23.9. The number of rotatable bonds is 5. The van der Waals surface area contributed by atoms with E-state index >= 15 is 0 Å². The van der Waals surface area contributed by atoms with Crippen LogP contribution in [0.4, 0.5) is 32.0 Å². The minimum Gasteiger partial charge on any atom is -0.402 e. The Balaban J connectivity index is 1.84. The predicted octanol–water partition coefficient (Wildman–Crippen LogP) is 4.90. The summed E-state index contributed by atoms with van der Waals surface area (Å²) in [7, 11) is 0. The molecule has 0 spiro atoms. The summed E-state index contributed by atoms with van der Waals surface area (Å²) in [6, 6.07) is 9.19. The predicted molar refractivity (Wildman–Crippen MR) is 109 cm³/mol. The van der Waals surface area contributed by atoms with E-state index in [2.05, 4.69) is 0 Å². The average Bonchev–Trinajstić information content (AvgIpc) is 3.08. The third-order valence-electron chi connectivity index (χ3n) is 5.52. The van der Waals surface area contributed by atoms with E-state index in [1.807, 2.05) is 23.1 Å². The number of benzene rings is 2. The number of alkyl halides is 6. The van der Waals surface area contributed by atoms with Crippen molar-refractivity contribution in [3.8, 4) is 0 Å². The highest BCUT2D eigenvalue weighted by atomic mass is 19.4. The van der Waals surface area contributed by atoms with E-state index in [0.717, 1.165) is 28.9 Å². The Morgan fingerprint density at radius 1 is 1.06 bits per heavy atom. The number of nitrogens with zero attached hydrogens (tertiary/aromatic N) is 1. The molecule has 4 nitrogen and oxygen atoms in total. The van der Waals surface area contributed by atoms with Gasteiger partial charge in [0.25, 0.3) is 5.60 Å². The van der Waals surface area contributed by atoms with Gasteiger partial charge in [0.15, 0.2) is 0 Å². The van der Waals surface area contributed by atoms with Gasteiger partial charge < -0.3 is 21.1 Å². The molecule has 0 aromatic heterocycles. The maximum Gasteiger partial charge on any atom is 0.430 e. The van der Waals surface area contributed by atoms with E-state index < -0.39 is 23.5 Å². The van der Waals surface area contributed by atoms with Gasteiger partial charge in [-0.25, -0.2) is 0 Å². The second-order valence-corrected chi connectivity index (χ2v) is 7.66. The second-order valence-electron chi connectivity index (χ2n) is 7.66. The Morgan fingerprint density at radius 3 is 2.16 bits per heavy atom. The molecule has 2 aromatic carbocycles. The monoisotopic (exact) mass is 457 g/mol. The summed E-state index contributed by atoms with van der Waals surface area (Å²) in [5.74, 6) is 0. The Bertz CT molecular complexity index is 1020. The smallest absolute Gasteiger partial charge is 0.402 e. The molecule has 0 unspecified atom stereocenters. The number of aliphatic hydroxyl groups is 1. The van der Waals surface area contributed by atoms with Crippen molar-refractivity contribution >= 4 is 17.5 Å². The molecule has 1 aliphatic rings. The highest BCUT2D eigenvalue weighted by molar-refractivity contribution is 6.09. The molecule has 0 aliphatic carbocycles. The Morgan fingerprint density at radius 2 is 1.66 bits per heavy atom. The van der Waals surface area contributed by atoms with Crippen LogP contribution in [-0.2, 0) is 18.6 Å². The molecule has 4 N–H and O–H groups in total. The summed E-state index contributed by atoms with van der Waals surface area (Å²) in [4.78, 5) is 1.96. The van der Waals surface area contributed by atoms with Crippen molar-refractivity contribution in [3.05, 3.63) is 70.4 Å². The number of anilines is 1. The molecule has 0 saturated heterocycles. The van der Waals surface area contributed by atoms with Crippen LogP contribution in [0, 0.1) is 5.41 Å². The minimum atomic E-state index is -5.91. The van der Waals surface area contributed by atoms with Crippen LogP contribution in [0.5, 0.6) is 0 Å². The Labute approximate surface area is 180 Å². The van der Waals surface area contributed by atoms with Gasteiger partial charge in [-0.15, -0.1) is 0 Å². The maximum absolute atomic E-state index is 13.0. The van der Waals surface area contributed by atoms with Gasteiger partial charge in [0.2, 0.25) is 0 Å². The number of hydrogen-bond donors (Lipinski definition) is 3. The molecule has 172 valence electrons. The molecule has 0 atom stereocenters. The first kappa shape index (κ1) is 23.6. The van der Waals surface area contributed by atoms with Gasteiger partial charge in [-0.2, -0.15) is 26.3 Å². The minimum absolute atomic E-state index is 0.270. The molecule has 0 bridgehead atoms. The molecule has 3 rings (SSSR count). The zero-order valence-electron chi connectivity index (χ0n) is 17.0. The van der Waals surface area contributed by atoms with Gasteiger partial charge in [0.05, 0.1) is 0 Å². The molecule has 1 heterocycles. The van der Waals surface area contributed by atoms with Crippen LogP contribution in [0.3, 0.4) is 0 Å². The number of hydrogen-bond acceptors (Lipinski definition) is 4. The molecule has 32 heavy (non-hydrogen) atoms. The van der Waals surface area contributed by atoms with Gasteiger partial charge in [0, 0.05) is 41.8 Å². The van der Waals surface area contributed by atoms with E-state index in [9.17, 15) is 31.4 Å². The third kappa shape index (κ3) is 4.06. The van der Waals surface area contributed by atoms with Crippen LogP contribution in [0.25, 0.3) is 5.57 Å². The Kier molecular flexibility index (Phi) is 6.03. The summed E-state index contributed by atoms with van der Waals surface area (Å²) in [6.07, 6.45) is -9.96. The maximum atomic E-state index is 13.0. The van der Waals surface area contributed by atoms with E-state index in [1.54, 1.807) is 6.92 Å². The summed E-state index contributed by atoms with van der Waals surface area (Å²) in [5.41, 5.74) is 3.88. The van der Waals surface area contributed by atoms with Crippen LogP contribution in [0.2, 0.25) is 0 Å². The molecule has 0 radical (unpaired) electrons. The molecule has 10 heteroatoms. The molecule has 0 saturated carbocycles. The summed E-state index contributed by atoms with van der Waals surface area (Å²) in [5, 5.41) is 17.0. The van der Waals surface area contributed by atoms with Crippen molar-refractivity contribution in [2.75, 3.05) is 11.4 Å². The van der Waals surface area contributed by atoms with Crippen LogP contribution in [0.15, 0.2) is 48.2 Å². The van der Waals surface area contributed by atoms with E-state index in [4.69, 9.17) is 11.1 Å². The fourth-order valence-corrected chi connectivity index (χ4v) is 3.79. The van der Waals surface area contributed by atoms with Crippen molar-refractivity contribution in [3.63, 3.8) is 0 Å². The number of allylic oxidation sites excluding steroid dienone is 2. The topological polar surface area (TPSA) is 73.3 Å². The molecular weight excluding hydrogens is 436 g/mol. The molecule has 1 aliphatic heterocycles. The van der Waals surface area contributed by atoms with Crippen molar-refractivity contribution in [1.82, 2.24) is 0 Å². The molecule has 2 aromatic rings. The van der Waals surface area contributed by atoms with Crippen LogP contribution < -0.4 is 10.6 Å². The van der Waals surface area contributed by atoms with Gasteiger partial charge >= 0.3 is 12.4 Å². The quantitative estimate of drug-likeness (QED) is 0.442. The lowest BCUT2D eigenvalue weighted by atomic mass is 9.91. The standard InChI is InChI=1S/C22H21F6N3O/c1-13(30)18(11-29)15-4-7-19-16(10-15)8-9-31(19)12-14-2-5-17(6-3-14)20(32,21(23,24)25)22(26,27)28/h2-7,10-11,29,32H,8-9,12,30H2,1H3/b18-13+,29-11?. The lowest BCUT2D eigenvalue weighted by molar-refractivity contribution is -0.376. The van der Waals surface area contributed by atoms with Crippen LogP contribution in [0.1, 0.15) is 29.2 Å². The Hall–Kier alpha value is -3.01. The first-order valence-corrected chi connectivity index (χ1v) is 9.60. The fourth-order valence-electron chi connectivity index (χ4n) is 3.79. The van der Waals surface area contributed by atoms with Gasteiger partial charge in [0.1, 0.15) is 0 Å². The lowest BCUT2D eigenvalue weighted by Crippen LogP contribution is -2.53. The van der Waals surface area contributed by atoms with Gasteiger partial charge in [-0.3, -0.25) is 0 Å². The first-order valence-electron chi connectivity index (χ1n) is 9.60. The molecular formula is C22H21F6N3O. The van der Waals surface area contributed by atoms with Crippen molar-refractivity contribution in [1.29, 1.82) is 5.41 Å². The van der Waals surface area contributed by atoms with Crippen LogP contribution >= 0.6 is 0 Å². The number of nitrogens with two attached hydrogens (primary N) is 1. The highest BCUT2D eigenvalue weighted by Gasteiger charge is 2.71. The number of halogens is 6. The average molecular weight is 457 g/mol. The normalized spacial score (nSPS) is 15.4. The molecule has 0 fully saturated rings. The first-order chi connectivity index (χ1) is 14.8. The largest absolute Gasteiger partial charge is 0.430 e. The van der Waals surface area contributed by atoms with Gasteiger partial charge in [-0.05, 0) is 42.2 Å². The summed E-state index contributed by atoms with van der Waals surface area (Å²) in [6.45, 7) is 2.58.